The highest BCUT2D eigenvalue weighted by atomic mass is 79.9. The second-order valence-corrected chi connectivity index (χ2v) is 3.32. The Labute approximate surface area is 83.5 Å². The summed E-state index contributed by atoms with van der Waals surface area (Å²) < 4.78 is 13.0. The van der Waals surface area contributed by atoms with E-state index in [2.05, 4.69) is 15.9 Å². The third kappa shape index (κ3) is 2.52. The van der Waals surface area contributed by atoms with Gasteiger partial charge in [-0.3, -0.25) is 4.79 Å². The van der Waals surface area contributed by atoms with Crippen molar-refractivity contribution in [1.82, 2.24) is 0 Å². The molecule has 0 amide bonds. The Kier molecular flexibility index (Phi) is 3.42. The topological polar surface area (TPSA) is 37.3 Å². The van der Waals surface area contributed by atoms with Crippen LogP contribution in [0.15, 0.2) is 18.2 Å². The SMILES string of the molecule is O=C(CCBr)c1ccc(O)cc1F. The lowest BCUT2D eigenvalue weighted by atomic mass is 10.1. The van der Waals surface area contributed by atoms with Gasteiger partial charge in [-0.05, 0) is 12.1 Å². The number of hydrogen-bond acceptors (Lipinski definition) is 2. The van der Waals surface area contributed by atoms with E-state index in [0.717, 1.165) is 6.07 Å². The molecule has 0 spiro atoms. The van der Waals surface area contributed by atoms with E-state index in [9.17, 15) is 9.18 Å². The zero-order valence-corrected chi connectivity index (χ0v) is 8.34. The van der Waals surface area contributed by atoms with Crippen LogP contribution >= 0.6 is 15.9 Å². The number of Topliss-reactive ketones (excluding diaryl/α,β-unsaturated/α-hetero) is 1. The summed E-state index contributed by atoms with van der Waals surface area (Å²) in [4.78, 5) is 11.2. The van der Waals surface area contributed by atoms with Gasteiger partial charge < -0.3 is 5.11 Å². The van der Waals surface area contributed by atoms with Gasteiger partial charge in [-0.1, -0.05) is 15.9 Å². The normalized spacial score (nSPS) is 10.0. The summed E-state index contributed by atoms with van der Waals surface area (Å²) >= 11 is 3.09. The van der Waals surface area contributed by atoms with Crippen LogP contribution in [0, 0.1) is 5.82 Å². The Hall–Kier alpha value is -0.900. The molecule has 1 aromatic rings. The lowest BCUT2D eigenvalue weighted by Gasteiger charge is -2.00. The minimum absolute atomic E-state index is 0.0252. The number of hydrogen-bond donors (Lipinski definition) is 1. The fourth-order valence-corrected chi connectivity index (χ4v) is 1.31. The number of rotatable bonds is 3. The minimum atomic E-state index is -0.675. The predicted molar refractivity (Wildman–Crippen MR) is 50.8 cm³/mol. The van der Waals surface area contributed by atoms with Gasteiger partial charge in [-0.2, -0.15) is 0 Å². The molecule has 0 heterocycles. The number of aromatic hydroxyl groups is 1. The van der Waals surface area contributed by atoms with Crippen molar-refractivity contribution in [3.63, 3.8) is 0 Å². The fourth-order valence-electron chi connectivity index (χ4n) is 0.951. The van der Waals surface area contributed by atoms with Gasteiger partial charge in [0.2, 0.25) is 0 Å². The molecule has 13 heavy (non-hydrogen) atoms. The van der Waals surface area contributed by atoms with Crippen LogP contribution in [-0.4, -0.2) is 16.2 Å². The van der Waals surface area contributed by atoms with Crippen LogP contribution in [0.25, 0.3) is 0 Å². The third-order valence-electron chi connectivity index (χ3n) is 1.57. The lowest BCUT2D eigenvalue weighted by Crippen LogP contribution is -2.02. The fraction of sp³-hybridized carbons (Fsp3) is 0.222. The Morgan fingerprint density at radius 2 is 2.23 bits per heavy atom. The highest BCUT2D eigenvalue weighted by Gasteiger charge is 2.10. The highest BCUT2D eigenvalue weighted by molar-refractivity contribution is 9.09. The molecule has 4 heteroatoms. The molecule has 0 aliphatic rings. The molecular weight excluding hydrogens is 239 g/mol. The maximum atomic E-state index is 13.0. The van der Waals surface area contributed by atoms with Gasteiger partial charge in [0.15, 0.2) is 5.78 Å². The minimum Gasteiger partial charge on any atom is -0.508 e. The van der Waals surface area contributed by atoms with Crippen molar-refractivity contribution in [2.45, 2.75) is 6.42 Å². The summed E-state index contributed by atoms with van der Waals surface area (Å²) in [5, 5.41) is 9.39. The largest absolute Gasteiger partial charge is 0.508 e. The van der Waals surface area contributed by atoms with Gasteiger partial charge in [-0.25, -0.2) is 4.39 Å². The molecule has 1 aromatic carbocycles. The smallest absolute Gasteiger partial charge is 0.166 e. The predicted octanol–water partition coefficient (Wildman–Crippen LogP) is 2.50. The molecule has 0 atom stereocenters. The average Bonchev–Trinajstić information content (AvgIpc) is 2.04. The monoisotopic (exact) mass is 246 g/mol. The highest BCUT2D eigenvalue weighted by Crippen LogP contribution is 2.16. The van der Waals surface area contributed by atoms with E-state index in [1.165, 1.54) is 12.1 Å². The van der Waals surface area contributed by atoms with Crippen molar-refractivity contribution >= 4 is 21.7 Å². The molecule has 0 aliphatic carbocycles. The van der Waals surface area contributed by atoms with Gasteiger partial charge >= 0.3 is 0 Å². The Bertz CT molecular complexity index is 325. The van der Waals surface area contributed by atoms with Crippen molar-refractivity contribution in [1.29, 1.82) is 0 Å². The number of alkyl halides is 1. The van der Waals surface area contributed by atoms with E-state index in [-0.39, 0.29) is 23.5 Å². The molecule has 0 saturated heterocycles. The second kappa shape index (κ2) is 4.37. The van der Waals surface area contributed by atoms with Crippen molar-refractivity contribution < 1.29 is 14.3 Å². The lowest BCUT2D eigenvalue weighted by molar-refractivity contribution is 0.0986. The number of halogens is 2. The van der Waals surface area contributed by atoms with Crippen molar-refractivity contribution in [2.75, 3.05) is 5.33 Å². The summed E-state index contributed by atoms with van der Waals surface area (Å²) in [6.07, 6.45) is 0.252. The summed E-state index contributed by atoms with van der Waals surface area (Å²) in [6, 6.07) is 3.52. The van der Waals surface area contributed by atoms with E-state index >= 15 is 0 Å². The molecule has 70 valence electrons. The summed E-state index contributed by atoms with van der Waals surface area (Å²) in [7, 11) is 0. The van der Waals surface area contributed by atoms with Gasteiger partial charge in [0, 0.05) is 17.8 Å². The van der Waals surface area contributed by atoms with E-state index in [4.69, 9.17) is 5.11 Å². The van der Waals surface area contributed by atoms with Crippen LogP contribution in [0.5, 0.6) is 5.75 Å². The standard InChI is InChI=1S/C9H8BrFO2/c10-4-3-9(13)7-2-1-6(12)5-8(7)11/h1-2,5,12H,3-4H2. The van der Waals surface area contributed by atoms with Crippen LogP contribution in [0.4, 0.5) is 4.39 Å². The molecule has 1 N–H and O–H groups in total. The van der Waals surface area contributed by atoms with Crippen LogP contribution in [0.3, 0.4) is 0 Å². The number of phenolic OH excluding ortho intramolecular Hbond substituents is 1. The molecule has 2 nitrogen and oxygen atoms in total. The Morgan fingerprint density at radius 1 is 1.54 bits per heavy atom. The van der Waals surface area contributed by atoms with Crippen molar-refractivity contribution in [3.8, 4) is 5.75 Å². The van der Waals surface area contributed by atoms with E-state index in [1.54, 1.807) is 0 Å². The number of phenols is 1. The summed E-state index contributed by atoms with van der Waals surface area (Å²) in [5.74, 6) is -1.12. The number of benzene rings is 1. The van der Waals surface area contributed by atoms with Gasteiger partial charge in [-0.15, -0.1) is 0 Å². The van der Waals surface area contributed by atoms with Crippen LogP contribution in [-0.2, 0) is 0 Å². The molecular formula is C9H8BrFO2. The molecule has 0 aromatic heterocycles. The second-order valence-electron chi connectivity index (χ2n) is 2.53. The van der Waals surface area contributed by atoms with Crippen LogP contribution in [0.1, 0.15) is 16.8 Å². The Balaban J connectivity index is 2.95. The van der Waals surface area contributed by atoms with Crippen LogP contribution < -0.4 is 0 Å². The van der Waals surface area contributed by atoms with Gasteiger partial charge in [0.05, 0.1) is 5.56 Å². The maximum Gasteiger partial charge on any atom is 0.166 e. The maximum absolute atomic E-state index is 13.0. The molecule has 0 unspecified atom stereocenters. The zero-order chi connectivity index (χ0) is 9.84. The summed E-state index contributed by atoms with van der Waals surface area (Å²) in [6.45, 7) is 0. The van der Waals surface area contributed by atoms with Gasteiger partial charge in [0.25, 0.3) is 0 Å². The van der Waals surface area contributed by atoms with Gasteiger partial charge in [0.1, 0.15) is 11.6 Å². The molecule has 0 bridgehead atoms. The first kappa shape index (κ1) is 10.2. The molecule has 0 radical (unpaired) electrons. The first-order valence-corrected chi connectivity index (χ1v) is 4.85. The number of carbonyl (C=O) groups excluding carboxylic acids is 1. The van der Waals surface area contributed by atoms with Crippen LogP contribution in [0.2, 0.25) is 0 Å². The average molecular weight is 247 g/mol. The van der Waals surface area contributed by atoms with E-state index in [1.807, 2.05) is 0 Å². The first-order valence-electron chi connectivity index (χ1n) is 3.73. The Morgan fingerprint density at radius 3 is 2.77 bits per heavy atom. The number of carbonyl (C=O) groups is 1. The number of ketones is 1. The van der Waals surface area contributed by atoms with E-state index < -0.39 is 5.82 Å². The molecule has 0 aliphatic heterocycles. The molecule has 0 fully saturated rings. The van der Waals surface area contributed by atoms with Crippen molar-refractivity contribution in [3.05, 3.63) is 29.6 Å². The first-order chi connectivity index (χ1) is 6.15. The third-order valence-corrected chi connectivity index (χ3v) is 1.97. The van der Waals surface area contributed by atoms with E-state index in [0.29, 0.717) is 5.33 Å². The zero-order valence-electron chi connectivity index (χ0n) is 6.76. The van der Waals surface area contributed by atoms with Crippen molar-refractivity contribution in [2.24, 2.45) is 0 Å². The quantitative estimate of drug-likeness (QED) is 0.658. The molecule has 0 saturated carbocycles. The summed E-state index contributed by atoms with van der Waals surface area (Å²) in [5.41, 5.74) is 0.0252. The molecule has 1 rings (SSSR count).